The second-order valence-corrected chi connectivity index (χ2v) is 5.71. The maximum Gasteiger partial charge on any atom is 0.198 e. The molecule has 0 atom stereocenters. The van der Waals surface area contributed by atoms with Gasteiger partial charge >= 0.3 is 0 Å². The second-order valence-electron chi connectivity index (χ2n) is 5.71. The maximum atomic E-state index is 13.5. The average Bonchev–Trinajstić information content (AvgIpc) is 3.11. The van der Waals surface area contributed by atoms with Crippen LogP contribution in [0.25, 0.3) is 11.3 Å². The van der Waals surface area contributed by atoms with Crippen LogP contribution in [0.1, 0.15) is 16.2 Å². The summed E-state index contributed by atoms with van der Waals surface area (Å²) in [6.07, 6.45) is 1.54. The molecule has 0 radical (unpaired) electrons. The molecule has 26 heavy (non-hydrogen) atoms. The van der Waals surface area contributed by atoms with E-state index in [1.807, 2.05) is 18.2 Å². The first kappa shape index (κ1) is 17.4. The molecule has 0 fully saturated rings. The first-order chi connectivity index (χ1) is 12.5. The largest absolute Gasteiger partial charge is 0.383 e. The summed E-state index contributed by atoms with van der Waals surface area (Å²) in [5.41, 5.74) is 0.810. The number of nitrogens with zero attached hydrogens (tertiary/aromatic N) is 5. The van der Waals surface area contributed by atoms with Crippen LogP contribution in [-0.2, 0) is 0 Å². The van der Waals surface area contributed by atoms with Crippen LogP contribution in [0.5, 0.6) is 0 Å². The molecule has 6 nitrogen and oxygen atoms in total. The molecule has 0 aliphatic rings. The number of Topliss-reactive ketones (excluding diaryl/α,β-unsaturated/α-hetero) is 1. The Bertz CT molecular complexity index is 967. The molecule has 1 heterocycles. The molecule has 2 aromatic carbocycles. The summed E-state index contributed by atoms with van der Waals surface area (Å²) < 4.78 is 28.1. The lowest BCUT2D eigenvalue weighted by Gasteiger charge is -2.12. The van der Waals surface area contributed by atoms with E-state index in [2.05, 4.69) is 15.5 Å². The SMILES string of the molecule is CN(C)/C=C(\C(=O)c1ccc(F)c(F)c1)c1nnnn1-c1ccccc1. The predicted octanol–water partition coefficient (Wildman–Crippen LogP) is 2.73. The highest BCUT2D eigenvalue weighted by atomic mass is 19.2. The minimum atomic E-state index is -1.09. The number of allylic oxidation sites excluding steroid dienone is 1. The van der Waals surface area contributed by atoms with Crippen molar-refractivity contribution in [3.8, 4) is 5.69 Å². The van der Waals surface area contributed by atoms with Gasteiger partial charge in [-0.15, -0.1) is 5.10 Å². The van der Waals surface area contributed by atoms with Crippen LogP contribution in [0, 0.1) is 11.6 Å². The molecular formula is C18H15F2N5O. The van der Waals surface area contributed by atoms with Crippen LogP contribution in [-0.4, -0.2) is 45.0 Å². The van der Waals surface area contributed by atoms with Gasteiger partial charge in [0.1, 0.15) is 0 Å². The van der Waals surface area contributed by atoms with E-state index in [9.17, 15) is 13.6 Å². The van der Waals surface area contributed by atoms with Crippen LogP contribution in [0.3, 0.4) is 0 Å². The smallest absolute Gasteiger partial charge is 0.198 e. The summed E-state index contributed by atoms with van der Waals surface area (Å²) in [6, 6.07) is 12.0. The summed E-state index contributed by atoms with van der Waals surface area (Å²) in [7, 11) is 3.46. The van der Waals surface area contributed by atoms with Gasteiger partial charge in [0.25, 0.3) is 0 Å². The van der Waals surface area contributed by atoms with E-state index < -0.39 is 17.4 Å². The van der Waals surface area contributed by atoms with Crippen molar-refractivity contribution in [2.75, 3.05) is 14.1 Å². The number of carbonyl (C=O) groups is 1. The fraction of sp³-hybridized carbons (Fsp3) is 0.111. The van der Waals surface area contributed by atoms with E-state index in [-0.39, 0.29) is 17.0 Å². The molecule has 0 spiro atoms. The number of hydrogen-bond donors (Lipinski definition) is 0. The van der Waals surface area contributed by atoms with E-state index in [4.69, 9.17) is 0 Å². The summed E-state index contributed by atoms with van der Waals surface area (Å²) in [4.78, 5) is 14.6. The first-order valence-electron chi connectivity index (χ1n) is 7.69. The van der Waals surface area contributed by atoms with E-state index >= 15 is 0 Å². The lowest BCUT2D eigenvalue weighted by Crippen LogP contribution is -2.14. The van der Waals surface area contributed by atoms with Gasteiger partial charge in [0.2, 0.25) is 0 Å². The molecule has 3 rings (SSSR count). The number of carbonyl (C=O) groups excluding carboxylic acids is 1. The first-order valence-corrected chi connectivity index (χ1v) is 7.69. The second kappa shape index (κ2) is 7.22. The fourth-order valence-corrected chi connectivity index (χ4v) is 2.37. The van der Waals surface area contributed by atoms with Crippen molar-refractivity contribution in [3.63, 3.8) is 0 Å². The quantitative estimate of drug-likeness (QED) is 0.520. The number of tetrazole rings is 1. The Balaban J connectivity index is 2.10. The van der Waals surface area contributed by atoms with Gasteiger partial charge < -0.3 is 4.90 Å². The zero-order chi connectivity index (χ0) is 18.7. The lowest BCUT2D eigenvalue weighted by molar-refractivity contribution is 0.105. The van der Waals surface area contributed by atoms with Crippen molar-refractivity contribution < 1.29 is 13.6 Å². The molecule has 0 aliphatic carbocycles. The number of halogens is 2. The molecule has 0 unspecified atom stereocenters. The van der Waals surface area contributed by atoms with Crippen molar-refractivity contribution >= 4 is 11.4 Å². The van der Waals surface area contributed by atoms with Gasteiger partial charge in [-0.2, -0.15) is 4.68 Å². The van der Waals surface area contributed by atoms with Gasteiger partial charge in [-0.3, -0.25) is 4.79 Å². The molecule has 8 heteroatoms. The Kier molecular flexibility index (Phi) is 4.83. The van der Waals surface area contributed by atoms with Gasteiger partial charge in [0.05, 0.1) is 11.3 Å². The van der Waals surface area contributed by atoms with Gasteiger partial charge in [-0.1, -0.05) is 18.2 Å². The Labute approximate surface area is 148 Å². The van der Waals surface area contributed by atoms with Gasteiger partial charge in [0, 0.05) is 25.9 Å². The molecule has 0 bridgehead atoms. The fourth-order valence-electron chi connectivity index (χ4n) is 2.37. The van der Waals surface area contributed by atoms with E-state index in [1.165, 1.54) is 16.9 Å². The van der Waals surface area contributed by atoms with Crippen molar-refractivity contribution in [1.29, 1.82) is 0 Å². The summed E-state index contributed by atoms with van der Waals surface area (Å²) in [6.45, 7) is 0. The molecule has 132 valence electrons. The summed E-state index contributed by atoms with van der Waals surface area (Å²) >= 11 is 0. The van der Waals surface area contributed by atoms with Crippen LogP contribution in [0.2, 0.25) is 0 Å². The normalized spacial score (nSPS) is 11.5. The topological polar surface area (TPSA) is 63.9 Å². The third-order valence-corrected chi connectivity index (χ3v) is 3.52. The van der Waals surface area contributed by atoms with Crippen molar-refractivity contribution in [3.05, 3.63) is 77.8 Å². The standard InChI is InChI=1S/C18H15F2N5O/c1-24(2)11-14(17(26)12-8-9-15(19)16(20)10-12)18-21-22-23-25(18)13-6-4-3-5-7-13/h3-11H,1-2H3/b14-11+. The zero-order valence-corrected chi connectivity index (χ0v) is 14.1. The van der Waals surface area contributed by atoms with Crippen LogP contribution in [0.4, 0.5) is 8.78 Å². The molecule has 0 amide bonds. The molecule has 0 aliphatic heterocycles. The van der Waals surface area contributed by atoms with Gasteiger partial charge in [0.15, 0.2) is 23.2 Å². The highest BCUT2D eigenvalue weighted by Gasteiger charge is 2.23. The number of para-hydroxylation sites is 1. The molecular weight excluding hydrogens is 340 g/mol. The third kappa shape index (κ3) is 3.49. The molecule has 0 saturated carbocycles. The van der Waals surface area contributed by atoms with Crippen molar-refractivity contribution in [2.24, 2.45) is 0 Å². The molecule has 3 aromatic rings. The average molecular weight is 355 g/mol. The minimum Gasteiger partial charge on any atom is -0.383 e. The predicted molar refractivity (Wildman–Crippen MR) is 91.5 cm³/mol. The maximum absolute atomic E-state index is 13.5. The number of benzene rings is 2. The van der Waals surface area contributed by atoms with E-state index in [1.54, 1.807) is 31.1 Å². The molecule has 1 aromatic heterocycles. The van der Waals surface area contributed by atoms with Crippen LogP contribution in [0.15, 0.2) is 54.7 Å². The Morgan fingerprint density at radius 3 is 2.46 bits per heavy atom. The van der Waals surface area contributed by atoms with E-state index in [0.717, 1.165) is 12.1 Å². The molecule has 0 saturated heterocycles. The van der Waals surface area contributed by atoms with Crippen LogP contribution >= 0.6 is 0 Å². The Hall–Kier alpha value is -3.42. The third-order valence-electron chi connectivity index (χ3n) is 3.52. The highest BCUT2D eigenvalue weighted by molar-refractivity contribution is 6.28. The van der Waals surface area contributed by atoms with E-state index in [0.29, 0.717) is 5.69 Å². The highest BCUT2D eigenvalue weighted by Crippen LogP contribution is 2.21. The monoisotopic (exact) mass is 355 g/mol. The van der Waals surface area contributed by atoms with Crippen LogP contribution < -0.4 is 0 Å². The Morgan fingerprint density at radius 1 is 1.08 bits per heavy atom. The number of rotatable bonds is 5. The molecule has 0 N–H and O–H groups in total. The number of ketones is 1. The van der Waals surface area contributed by atoms with Gasteiger partial charge in [-0.25, -0.2) is 8.78 Å². The number of hydrogen-bond acceptors (Lipinski definition) is 5. The summed E-state index contributed by atoms with van der Waals surface area (Å²) in [5, 5.41) is 11.5. The lowest BCUT2D eigenvalue weighted by atomic mass is 10.0. The summed E-state index contributed by atoms with van der Waals surface area (Å²) in [5.74, 6) is -2.44. The van der Waals surface area contributed by atoms with Crippen molar-refractivity contribution in [1.82, 2.24) is 25.1 Å². The number of aromatic nitrogens is 4. The minimum absolute atomic E-state index is 0.000360. The zero-order valence-electron chi connectivity index (χ0n) is 14.1. The van der Waals surface area contributed by atoms with Gasteiger partial charge in [-0.05, 0) is 40.8 Å². The Morgan fingerprint density at radius 2 is 1.81 bits per heavy atom. The van der Waals surface area contributed by atoms with Crippen molar-refractivity contribution in [2.45, 2.75) is 0 Å².